The highest BCUT2D eigenvalue weighted by Crippen LogP contribution is 2.21. The highest BCUT2D eigenvalue weighted by molar-refractivity contribution is 7.95. The molecule has 3 heteroatoms. The van der Waals surface area contributed by atoms with Gasteiger partial charge in [-0.05, 0) is 51.2 Å². The largest absolute Gasteiger partial charge is 0.292 e. The van der Waals surface area contributed by atoms with Gasteiger partial charge in [-0.25, -0.2) is 0 Å². The van der Waals surface area contributed by atoms with Crippen molar-refractivity contribution in [3.63, 3.8) is 0 Å². The van der Waals surface area contributed by atoms with Gasteiger partial charge in [0.1, 0.15) is 12.5 Å². The summed E-state index contributed by atoms with van der Waals surface area (Å²) in [5.41, 5.74) is 0.372. The number of likely N-dealkylation sites (N-methyl/N-ethyl adjacent to an activating group) is 1. The molecule has 0 radical (unpaired) electrons. The van der Waals surface area contributed by atoms with Crippen molar-refractivity contribution in [1.29, 1.82) is 0 Å². The van der Waals surface area contributed by atoms with Gasteiger partial charge in [0.25, 0.3) is 0 Å². The van der Waals surface area contributed by atoms with Gasteiger partial charge in [-0.15, -0.1) is 0 Å². The maximum atomic E-state index is 12.7. The van der Waals surface area contributed by atoms with Crippen LogP contribution >= 0.6 is 0 Å². The van der Waals surface area contributed by atoms with E-state index in [1.54, 1.807) is 0 Å². The van der Waals surface area contributed by atoms with Crippen LogP contribution in [0.5, 0.6) is 0 Å². The zero-order chi connectivity index (χ0) is 14.6. The summed E-state index contributed by atoms with van der Waals surface area (Å²) < 4.78 is 0. The average Bonchev–Trinajstić information content (AvgIpc) is 2.39. The Morgan fingerprint density at radius 2 is 1.58 bits per heavy atom. The lowest BCUT2D eigenvalue weighted by Gasteiger charge is -2.35. The van der Waals surface area contributed by atoms with Crippen molar-refractivity contribution >= 4 is 16.7 Å². The minimum absolute atomic E-state index is 0.204. The molecule has 0 atom stereocenters. The zero-order valence-corrected chi connectivity index (χ0v) is 13.8. The molecule has 0 heterocycles. The van der Waals surface area contributed by atoms with E-state index in [1.165, 1.54) is 4.90 Å². The van der Waals surface area contributed by atoms with Gasteiger partial charge in [0.2, 0.25) is 0 Å². The van der Waals surface area contributed by atoms with E-state index in [2.05, 4.69) is 43.4 Å². The quantitative estimate of drug-likeness (QED) is 0.589. The molecule has 0 aliphatic heterocycles. The van der Waals surface area contributed by atoms with E-state index in [0.717, 1.165) is 18.7 Å². The first-order valence-corrected chi connectivity index (χ1v) is 8.86. The molecule has 0 bridgehead atoms. The molecule has 19 heavy (non-hydrogen) atoms. The third kappa shape index (κ3) is 3.61. The van der Waals surface area contributed by atoms with Crippen molar-refractivity contribution in [3.05, 3.63) is 29.8 Å². The van der Waals surface area contributed by atoms with Crippen LogP contribution in [0.25, 0.3) is 0 Å². The van der Waals surface area contributed by atoms with Crippen molar-refractivity contribution in [1.82, 2.24) is 4.90 Å². The summed E-state index contributed by atoms with van der Waals surface area (Å²) in [6, 6.07) is 8.09. The SMILES string of the molecule is CCN(CC)C(C)(C)C(=O)c1ccc([S+](C)C)cc1. The highest BCUT2D eigenvalue weighted by Gasteiger charge is 2.33. The molecule has 0 fully saturated rings. The summed E-state index contributed by atoms with van der Waals surface area (Å²) in [6.45, 7) is 10.0. The minimum Gasteiger partial charge on any atom is -0.292 e. The van der Waals surface area contributed by atoms with E-state index < -0.39 is 5.54 Å². The molecule has 1 rings (SSSR count). The van der Waals surface area contributed by atoms with E-state index >= 15 is 0 Å². The summed E-state index contributed by atoms with van der Waals surface area (Å²) in [5.74, 6) is 0.204. The Hall–Kier alpha value is -0.800. The minimum atomic E-state index is -0.439. The Morgan fingerprint density at radius 1 is 1.11 bits per heavy atom. The number of nitrogens with zero attached hydrogens (tertiary/aromatic N) is 1. The smallest absolute Gasteiger partial charge is 0.182 e. The van der Waals surface area contributed by atoms with Crippen molar-refractivity contribution in [2.45, 2.75) is 38.1 Å². The van der Waals surface area contributed by atoms with Crippen LogP contribution in [0.3, 0.4) is 0 Å². The van der Waals surface area contributed by atoms with Gasteiger partial charge in [0.15, 0.2) is 10.7 Å². The number of benzene rings is 1. The third-order valence-corrected chi connectivity index (χ3v) is 4.91. The molecule has 1 aromatic rings. The zero-order valence-electron chi connectivity index (χ0n) is 13.0. The Bertz CT molecular complexity index is 419. The van der Waals surface area contributed by atoms with Crippen LogP contribution in [0.1, 0.15) is 38.1 Å². The topological polar surface area (TPSA) is 20.3 Å². The van der Waals surface area contributed by atoms with E-state index in [0.29, 0.717) is 0 Å². The van der Waals surface area contributed by atoms with Gasteiger partial charge in [-0.2, -0.15) is 0 Å². The molecule has 106 valence electrons. The second-order valence-electron chi connectivity index (χ2n) is 5.40. The molecule has 0 N–H and O–H groups in total. The number of carbonyl (C=O) groups excluding carboxylic acids is 1. The van der Waals surface area contributed by atoms with Crippen LogP contribution in [-0.4, -0.2) is 41.8 Å². The Kier molecular flexibility index (Phi) is 5.63. The monoisotopic (exact) mass is 280 g/mol. The maximum absolute atomic E-state index is 12.7. The average molecular weight is 280 g/mol. The van der Waals surface area contributed by atoms with Gasteiger partial charge >= 0.3 is 0 Å². The van der Waals surface area contributed by atoms with Crippen molar-refractivity contribution in [2.24, 2.45) is 0 Å². The van der Waals surface area contributed by atoms with Gasteiger partial charge in [0.05, 0.1) is 5.54 Å². The molecule has 0 saturated heterocycles. The highest BCUT2D eigenvalue weighted by atomic mass is 32.2. The predicted molar refractivity (Wildman–Crippen MR) is 85.3 cm³/mol. The van der Waals surface area contributed by atoms with E-state index in [1.807, 2.05) is 26.0 Å². The van der Waals surface area contributed by atoms with E-state index in [-0.39, 0.29) is 16.7 Å². The van der Waals surface area contributed by atoms with E-state index in [9.17, 15) is 4.79 Å². The number of carbonyl (C=O) groups is 1. The first-order valence-electron chi connectivity index (χ1n) is 6.82. The Labute approximate surface area is 120 Å². The lowest BCUT2D eigenvalue weighted by atomic mass is 9.91. The summed E-state index contributed by atoms with van der Waals surface area (Å²) >= 11 is 0. The van der Waals surface area contributed by atoms with Gasteiger partial charge in [-0.1, -0.05) is 13.8 Å². The van der Waals surface area contributed by atoms with Crippen LogP contribution in [0.15, 0.2) is 29.2 Å². The molecular formula is C16H26NOS+. The van der Waals surface area contributed by atoms with Crippen LogP contribution < -0.4 is 0 Å². The first-order chi connectivity index (χ1) is 8.84. The predicted octanol–water partition coefficient (Wildman–Crippen LogP) is 3.23. The maximum Gasteiger partial charge on any atom is 0.182 e. The van der Waals surface area contributed by atoms with Crippen LogP contribution in [0, 0.1) is 0 Å². The lowest BCUT2D eigenvalue weighted by Crippen LogP contribution is -2.49. The fourth-order valence-corrected chi connectivity index (χ4v) is 3.07. The molecule has 0 aliphatic carbocycles. The molecule has 0 unspecified atom stereocenters. The van der Waals surface area contributed by atoms with Gasteiger partial charge < -0.3 is 0 Å². The molecule has 2 nitrogen and oxygen atoms in total. The molecular weight excluding hydrogens is 254 g/mol. The first kappa shape index (κ1) is 16.3. The van der Waals surface area contributed by atoms with Crippen molar-refractivity contribution < 1.29 is 4.79 Å². The number of rotatable bonds is 6. The second kappa shape index (κ2) is 6.58. The van der Waals surface area contributed by atoms with E-state index in [4.69, 9.17) is 0 Å². The molecule has 0 saturated carbocycles. The second-order valence-corrected chi connectivity index (χ2v) is 7.51. The summed E-state index contributed by atoms with van der Waals surface area (Å²) in [6.07, 6.45) is 4.38. The van der Waals surface area contributed by atoms with Crippen LogP contribution in [-0.2, 0) is 10.9 Å². The lowest BCUT2D eigenvalue weighted by molar-refractivity contribution is 0.0668. The normalized spacial score (nSPS) is 12.2. The number of Topliss-reactive ketones (excluding diaryl/α,β-unsaturated/α-hetero) is 1. The van der Waals surface area contributed by atoms with Crippen molar-refractivity contribution in [2.75, 3.05) is 25.6 Å². The Morgan fingerprint density at radius 3 is 1.95 bits per heavy atom. The van der Waals surface area contributed by atoms with Crippen LogP contribution in [0.2, 0.25) is 0 Å². The van der Waals surface area contributed by atoms with Gasteiger partial charge in [-0.3, -0.25) is 9.69 Å². The molecule has 1 aromatic carbocycles. The standard InChI is InChI=1S/C16H26NOS/c1-7-17(8-2)16(3,4)15(18)13-9-11-14(12-10-13)19(5)6/h9-12H,7-8H2,1-6H3/q+1. The van der Waals surface area contributed by atoms with Gasteiger partial charge in [0, 0.05) is 16.5 Å². The molecule has 0 spiro atoms. The summed E-state index contributed by atoms with van der Waals surface area (Å²) in [5, 5.41) is 0. The third-order valence-electron chi connectivity index (χ3n) is 3.70. The molecule has 0 amide bonds. The molecule has 0 aromatic heterocycles. The van der Waals surface area contributed by atoms with Crippen LogP contribution in [0.4, 0.5) is 0 Å². The summed E-state index contributed by atoms with van der Waals surface area (Å²) in [4.78, 5) is 16.2. The van der Waals surface area contributed by atoms with Crippen molar-refractivity contribution in [3.8, 4) is 0 Å². The fraction of sp³-hybridized carbons (Fsp3) is 0.562. The Balaban J connectivity index is 2.99. The number of ketones is 1. The fourth-order valence-electron chi connectivity index (χ4n) is 2.39. The number of hydrogen-bond acceptors (Lipinski definition) is 2. The molecule has 0 aliphatic rings. The number of hydrogen-bond donors (Lipinski definition) is 0. The summed E-state index contributed by atoms with van der Waals surface area (Å²) in [7, 11) is 0.245.